The van der Waals surface area contributed by atoms with Crippen LogP contribution in [0, 0.1) is 0 Å². The molecule has 0 fully saturated rings. The Balaban J connectivity index is 0.00000144. The molecule has 0 unspecified atom stereocenters. The van der Waals surface area contributed by atoms with E-state index in [0.29, 0.717) is 0 Å². The summed E-state index contributed by atoms with van der Waals surface area (Å²) in [4.78, 5) is 0. The Morgan fingerprint density at radius 3 is 1.34 bits per heavy atom. The Bertz CT molecular complexity index is 1270. The molecular weight excluding hydrogens is 568 g/mol. The average molecular weight is 602 g/mol. The number of rotatable bonds is 8. The topological polar surface area (TPSA) is 49.1 Å². The molecule has 0 amide bonds. The summed E-state index contributed by atoms with van der Waals surface area (Å²) in [6, 6.07) is 26.3. The van der Waals surface area contributed by atoms with E-state index in [1.165, 1.54) is 33.2 Å². The number of nitrogens with zero attached hydrogens (tertiary/aromatic N) is 4. The second-order valence-corrected chi connectivity index (χ2v) is 8.62. The zero-order chi connectivity index (χ0) is 21.9. The molecule has 2 N–H and O–H groups in total. The fourth-order valence-electron chi connectivity index (χ4n) is 4.81. The minimum atomic E-state index is 0. The molecule has 0 spiro atoms. The van der Waals surface area contributed by atoms with Crippen LogP contribution in [0.25, 0.3) is 22.1 Å². The molecule has 2 heterocycles. The minimum Gasteiger partial charge on any atom is -1.00 e. The van der Waals surface area contributed by atoms with Crippen LogP contribution in [-0.2, 0) is 26.2 Å². The highest BCUT2D eigenvalue weighted by Crippen LogP contribution is 2.16. The van der Waals surface area contributed by atoms with E-state index >= 15 is 0 Å². The van der Waals surface area contributed by atoms with E-state index in [1.807, 2.05) is 0 Å². The molecule has 0 saturated carbocycles. The summed E-state index contributed by atoms with van der Waals surface area (Å²) in [6.07, 6.45) is 6.83. The van der Waals surface area contributed by atoms with Gasteiger partial charge in [0, 0.05) is 11.1 Å². The molecule has 0 atom stereocenters. The number of hydrogen-bond acceptors (Lipinski definition) is 0. The molecule has 7 heteroatoms. The molecule has 3 aromatic carbocycles. The van der Waals surface area contributed by atoms with Crippen LogP contribution in [0.3, 0.4) is 0 Å². The fourth-order valence-corrected chi connectivity index (χ4v) is 4.81. The molecule has 0 radical (unpaired) electrons. The number of halogens is 2. The maximum absolute atomic E-state index is 2.40. The first-order valence-corrected chi connectivity index (χ1v) is 11.8. The third-order valence-corrected chi connectivity index (χ3v) is 6.29. The maximum atomic E-state index is 2.40. The summed E-state index contributed by atoms with van der Waals surface area (Å²) >= 11 is 0. The molecule has 35 heavy (non-hydrogen) atoms. The van der Waals surface area contributed by atoms with Gasteiger partial charge in [-0.1, -0.05) is 62.4 Å². The summed E-state index contributed by atoms with van der Waals surface area (Å²) in [5.74, 6) is 0. The van der Waals surface area contributed by atoms with Gasteiger partial charge in [0.05, 0.1) is 13.1 Å². The Labute approximate surface area is 228 Å². The van der Waals surface area contributed by atoms with Crippen molar-refractivity contribution in [2.45, 2.75) is 52.9 Å². The van der Waals surface area contributed by atoms with E-state index in [9.17, 15) is 0 Å². The van der Waals surface area contributed by atoms with Gasteiger partial charge in [-0.3, -0.25) is 0 Å². The van der Waals surface area contributed by atoms with Gasteiger partial charge in [0.25, 0.3) is 0 Å². The number of benzene rings is 3. The van der Waals surface area contributed by atoms with Crippen molar-refractivity contribution in [2.24, 2.45) is 0 Å². The van der Waals surface area contributed by atoms with E-state index in [4.69, 9.17) is 0 Å². The molecule has 5 rings (SSSR count). The Morgan fingerprint density at radius 2 is 0.943 bits per heavy atom. The van der Waals surface area contributed by atoms with Crippen molar-refractivity contribution in [3.63, 3.8) is 0 Å². The second-order valence-electron chi connectivity index (χ2n) is 8.62. The highest BCUT2D eigenvalue weighted by molar-refractivity contribution is 5.72. The van der Waals surface area contributed by atoms with Gasteiger partial charge in [0.1, 0.15) is 13.1 Å². The minimum absolute atomic E-state index is 0. The smallest absolute Gasteiger partial charge is 0.245 e. The van der Waals surface area contributed by atoms with Gasteiger partial charge in [0.2, 0.25) is 12.7 Å². The number of fused-ring (bicyclic) bond motifs is 2. The summed E-state index contributed by atoms with van der Waals surface area (Å²) in [5, 5.41) is 0. The van der Waals surface area contributed by atoms with Crippen molar-refractivity contribution >= 4 is 22.1 Å². The van der Waals surface area contributed by atoms with E-state index < -0.39 is 0 Å². The van der Waals surface area contributed by atoms with Gasteiger partial charge in [-0.15, -0.1) is 0 Å². The van der Waals surface area contributed by atoms with E-state index in [1.54, 1.807) is 0 Å². The number of para-hydroxylation sites is 4. The maximum Gasteiger partial charge on any atom is 0.245 e. The lowest BCUT2D eigenvalue weighted by atomic mass is 10.1. The third kappa shape index (κ3) is 5.85. The van der Waals surface area contributed by atoms with Crippen molar-refractivity contribution in [2.75, 3.05) is 0 Å². The van der Waals surface area contributed by atoms with Crippen LogP contribution in [0.5, 0.6) is 0 Å². The first-order valence-electron chi connectivity index (χ1n) is 11.8. The van der Waals surface area contributed by atoms with E-state index in [0.717, 1.165) is 39.0 Å². The SMILES string of the molecule is CCCn1c[n+](Cc2ccccc2C[n+]2cn(CCC)c3ccccc32)c2ccccc21.O.[Br-].[Br-]. The highest BCUT2D eigenvalue weighted by Gasteiger charge is 2.19. The van der Waals surface area contributed by atoms with Gasteiger partial charge in [-0.05, 0) is 37.1 Å². The van der Waals surface area contributed by atoms with Crippen LogP contribution in [0.2, 0.25) is 0 Å². The summed E-state index contributed by atoms with van der Waals surface area (Å²) < 4.78 is 9.56. The zero-order valence-electron chi connectivity index (χ0n) is 20.4. The second kappa shape index (κ2) is 13.0. The summed E-state index contributed by atoms with van der Waals surface area (Å²) in [6.45, 7) is 8.31. The lowest BCUT2D eigenvalue weighted by Gasteiger charge is -2.07. The molecule has 0 aliphatic heterocycles. The lowest BCUT2D eigenvalue weighted by molar-refractivity contribution is -0.668. The number of imidazole rings is 2. The third-order valence-electron chi connectivity index (χ3n) is 6.29. The number of aryl methyl sites for hydroxylation is 2. The number of hydrogen-bond donors (Lipinski definition) is 0. The molecule has 0 saturated heterocycles. The van der Waals surface area contributed by atoms with Crippen LogP contribution in [0.15, 0.2) is 85.5 Å². The number of aromatic nitrogens is 4. The van der Waals surface area contributed by atoms with Crippen molar-refractivity contribution in [1.29, 1.82) is 0 Å². The molecule has 5 aromatic rings. The standard InChI is InChI=1S/C28H32N4.2BrH.H2O/c1-3-17-29-21-31(27-15-9-7-13-25(27)29)19-23-11-5-6-12-24(23)20-32-22-30(18-4-2)26-14-8-10-16-28(26)32;;;/h5-16,21-22H,3-4,17-20H2,1-2H3;2*1H;1H2/q+2;;;/p-2. The molecule has 0 aliphatic carbocycles. The van der Waals surface area contributed by atoms with Crippen molar-refractivity contribution in [1.82, 2.24) is 9.13 Å². The molecule has 186 valence electrons. The van der Waals surface area contributed by atoms with Gasteiger partial charge in [-0.2, -0.15) is 0 Å². The lowest BCUT2D eigenvalue weighted by Crippen LogP contribution is -3.00. The monoisotopic (exact) mass is 600 g/mol. The molecule has 0 bridgehead atoms. The Hall–Kier alpha value is -2.48. The highest BCUT2D eigenvalue weighted by atomic mass is 79.9. The van der Waals surface area contributed by atoms with Gasteiger partial charge < -0.3 is 39.4 Å². The zero-order valence-corrected chi connectivity index (χ0v) is 23.5. The summed E-state index contributed by atoms with van der Waals surface area (Å²) in [7, 11) is 0. The predicted molar refractivity (Wildman–Crippen MR) is 133 cm³/mol. The first-order chi connectivity index (χ1) is 15.8. The Kier molecular flexibility index (Phi) is 10.7. The Morgan fingerprint density at radius 1 is 0.571 bits per heavy atom. The van der Waals surface area contributed by atoms with Gasteiger partial charge in [0.15, 0.2) is 22.1 Å². The van der Waals surface area contributed by atoms with Crippen molar-refractivity contribution in [3.8, 4) is 0 Å². The quantitative estimate of drug-likeness (QED) is 0.190. The van der Waals surface area contributed by atoms with Crippen LogP contribution < -0.4 is 43.1 Å². The molecular formula is C28H34Br2N4O. The predicted octanol–water partition coefficient (Wildman–Crippen LogP) is -1.73. The molecule has 0 aliphatic rings. The van der Waals surface area contributed by atoms with Gasteiger partial charge >= 0.3 is 0 Å². The largest absolute Gasteiger partial charge is 1.00 e. The van der Waals surface area contributed by atoms with Crippen LogP contribution in [0.4, 0.5) is 0 Å². The van der Waals surface area contributed by atoms with Crippen LogP contribution >= 0.6 is 0 Å². The van der Waals surface area contributed by atoms with E-state index in [2.05, 4.69) is 118 Å². The fraction of sp³-hybridized carbons (Fsp3) is 0.286. The molecule has 2 aromatic heterocycles. The van der Waals surface area contributed by atoms with Crippen molar-refractivity contribution < 1.29 is 48.6 Å². The first kappa shape index (κ1) is 28.8. The van der Waals surface area contributed by atoms with Crippen LogP contribution in [0.1, 0.15) is 37.8 Å². The van der Waals surface area contributed by atoms with Crippen LogP contribution in [-0.4, -0.2) is 14.6 Å². The average Bonchev–Trinajstić information content (AvgIpc) is 3.34. The van der Waals surface area contributed by atoms with E-state index in [-0.39, 0.29) is 39.4 Å². The normalized spacial score (nSPS) is 10.6. The summed E-state index contributed by atoms with van der Waals surface area (Å²) in [5.41, 5.74) is 7.95. The van der Waals surface area contributed by atoms with Crippen molar-refractivity contribution in [3.05, 3.63) is 96.6 Å². The van der Waals surface area contributed by atoms with Gasteiger partial charge in [-0.25, -0.2) is 18.3 Å². The molecule has 5 nitrogen and oxygen atoms in total.